The number of thiophene rings is 1. The molecule has 0 saturated carbocycles. The summed E-state index contributed by atoms with van der Waals surface area (Å²) >= 11 is 1.75. The van der Waals surface area contributed by atoms with Gasteiger partial charge in [-0.2, -0.15) is 0 Å². The van der Waals surface area contributed by atoms with Crippen molar-refractivity contribution in [2.24, 2.45) is 0 Å². The van der Waals surface area contributed by atoms with E-state index < -0.39 is 0 Å². The minimum absolute atomic E-state index is 0. The van der Waals surface area contributed by atoms with E-state index in [1.54, 1.807) is 11.3 Å². The maximum absolute atomic E-state index is 11.6. The third-order valence-electron chi connectivity index (χ3n) is 3.16. The van der Waals surface area contributed by atoms with Crippen LogP contribution in [0, 0.1) is 0 Å². The van der Waals surface area contributed by atoms with Crippen LogP contribution in [0.2, 0.25) is 0 Å². The molecule has 1 unspecified atom stereocenters. The minimum atomic E-state index is 0. The normalized spacial score (nSPS) is 18.3. The molecule has 0 spiro atoms. The molecule has 0 aromatic carbocycles. The third kappa shape index (κ3) is 5.38. The summed E-state index contributed by atoms with van der Waals surface area (Å²) < 4.78 is 0. The molecule has 1 aliphatic rings. The number of carbonyl (C=O) groups excluding carboxylic acids is 1. The van der Waals surface area contributed by atoms with Crippen LogP contribution in [0.25, 0.3) is 0 Å². The average molecular weight is 289 g/mol. The molecule has 2 heterocycles. The van der Waals surface area contributed by atoms with Crippen LogP contribution < -0.4 is 10.6 Å². The SMILES string of the molecule is Cl.O=C(CCC1CCCN1)NCCc1cccs1. The molecule has 1 aromatic rings. The van der Waals surface area contributed by atoms with Gasteiger partial charge in [0.05, 0.1) is 0 Å². The van der Waals surface area contributed by atoms with Gasteiger partial charge in [-0.3, -0.25) is 4.79 Å². The molecule has 2 rings (SSSR count). The zero-order valence-corrected chi connectivity index (χ0v) is 12.1. The summed E-state index contributed by atoms with van der Waals surface area (Å²) in [5, 5.41) is 8.47. The molecule has 1 aliphatic heterocycles. The molecule has 1 aromatic heterocycles. The first-order valence-corrected chi connectivity index (χ1v) is 7.25. The van der Waals surface area contributed by atoms with Crippen LogP contribution >= 0.6 is 23.7 Å². The molecule has 1 atom stereocenters. The minimum Gasteiger partial charge on any atom is -0.356 e. The highest BCUT2D eigenvalue weighted by atomic mass is 35.5. The van der Waals surface area contributed by atoms with Gasteiger partial charge in [-0.05, 0) is 43.7 Å². The van der Waals surface area contributed by atoms with Gasteiger partial charge in [0.1, 0.15) is 0 Å². The fourth-order valence-corrected chi connectivity index (χ4v) is 2.89. The van der Waals surface area contributed by atoms with Gasteiger partial charge in [-0.15, -0.1) is 23.7 Å². The Morgan fingerprint density at radius 1 is 1.56 bits per heavy atom. The molecule has 0 bridgehead atoms. The maximum Gasteiger partial charge on any atom is 0.220 e. The summed E-state index contributed by atoms with van der Waals surface area (Å²) in [7, 11) is 0. The number of hydrogen-bond acceptors (Lipinski definition) is 3. The number of nitrogens with one attached hydrogen (secondary N) is 2. The molecular formula is C13H21ClN2OS. The van der Waals surface area contributed by atoms with Crippen molar-refractivity contribution < 1.29 is 4.79 Å². The number of amides is 1. The molecule has 1 amide bonds. The Bertz CT molecular complexity index is 337. The van der Waals surface area contributed by atoms with Gasteiger partial charge < -0.3 is 10.6 Å². The topological polar surface area (TPSA) is 41.1 Å². The molecule has 5 heteroatoms. The Balaban J connectivity index is 0.00000162. The molecule has 102 valence electrons. The first-order valence-electron chi connectivity index (χ1n) is 6.37. The van der Waals surface area contributed by atoms with E-state index in [1.165, 1.54) is 17.7 Å². The summed E-state index contributed by atoms with van der Waals surface area (Å²) in [4.78, 5) is 12.9. The van der Waals surface area contributed by atoms with Crippen molar-refractivity contribution >= 4 is 29.7 Å². The standard InChI is InChI=1S/C13H20N2OS.ClH/c16-13(6-5-11-3-1-8-14-11)15-9-7-12-4-2-10-17-12;/h2,4,10-11,14H,1,3,5-9H2,(H,15,16);1H. The predicted octanol–water partition coefficient (Wildman–Crippen LogP) is 2.36. The van der Waals surface area contributed by atoms with Crippen molar-refractivity contribution in [2.75, 3.05) is 13.1 Å². The Hall–Kier alpha value is -0.580. The molecular weight excluding hydrogens is 268 g/mol. The Morgan fingerprint density at radius 3 is 3.11 bits per heavy atom. The van der Waals surface area contributed by atoms with Crippen LogP contribution in [0.15, 0.2) is 17.5 Å². The van der Waals surface area contributed by atoms with Crippen LogP contribution in [-0.2, 0) is 11.2 Å². The van der Waals surface area contributed by atoms with Crippen molar-refractivity contribution in [1.82, 2.24) is 10.6 Å². The highest BCUT2D eigenvalue weighted by molar-refractivity contribution is 7.09. The summed E-state index contributed by atoms with van der Waals surface area (Å²) in [6.07, 6.45) is 5.06. The maximum atomic E-state index is 11.6. The van der Waals surface area contributed by atoms with E-state index in [0.29, 0.717) is 12.5 Å². The molecule has 1 saturated heterocycles. The number of carbonyl (C=O) groups is 1. The second kappa shape index (κ2) is 8.51. The van der Waals surface area contributed by atoms with Crippen molar-refractivity contribution in [3.05, 3.63) is 22.4 Å². The summed E-state index contributed by atoms with van der Waals surface area (Å²) in [5.74, 6) is 0.190. The molecule has 0 radical (unpaired) electrons. The highest BCUT2D eigenvalue weighted by Gasteiger charge is 2.14. The highest BCUT2D eigenvalue weighted by Crippen LogP contribution is 2.11. The van der Waals surface area contributed by atoms with Crippen molar-refractivity contribution in [3.63, 3.8) is 0 Å². The zero-order valence-electron chi connectivity index (χ0n) is 10.5. The van der Waals surface area contributed by atoms with Crippen molar-refractivity contribution in [2.45, 2.75) is 38.1 Å². The second-order valence-corrected chi connectivity index (χ2v) is 5.54. The third-order valence-corrected chi connectivity index (χ3v) is 4.09. The average Bonchev–Trinajstić information content (AvgIpc) is 2.99. The fourth-order valence-electron chi connectivity index (χ4n) is 2.18. The van der Waals surface area contributed by atoms with Gasteiger partial charge in [-0.25, -0.2) is 0 Å². The molecule has 3 nitrogen and oxygen atoms in total. The Kier molecular flexibility index (Phi) is 7.32. The first-order chi connectivity index (χ1) is 8.34. The van der Waals surface area contributed by atoms with Crippen LogP contribution in [-0.4, -0.2) is 25.0 Å². The van der Waals surface area contributed by atoms with E-state index in [-0.39, 0.29) is 18.3 Å². The number of hydrogen-bond donors (Lipinski definition) is 2. The van der Waals surface area contributed by atoms with Gasteiger partial charge in [0.25, 0.3) is 0 Å². The first kappa shape index (κ1) is 15.5. The van der Waals surface area contributed by atoms with Gasteiger partial charge in [0, 0.05) is 23.9 Å². The number of halogens is 1. The predicted molar refractivity (Wildman–Crippen MR) is 78.5 cm³/mol. The lowest BCUT2D eigenvalue weighted by Gasteiger charge is -2.09. The summed E-state index contributed by atoms with van der Waals surface area (Å²) in [5.41, 5.74) is 0. The lowest BCUT2D eigenvalue weighted by molar-refractivity contribution is -0.121. The Labute approximate surface area is 119 Å². The van der Waals surface area contributed by atoms with Crippen LogP contribution in [0.5, 0.6) is 0 Å². The quantitative estimate of drug-likeness (QED) is 0.844. The lowest BCUT2D eigenvalue weighted by atomic mass is 10.1. The van der Waals surface area contributed by atoms with Crippen LogP contribution in [0.3, 0.4) is 0 Å². The lowest BCUT2D eigenvalue weighted by Crippen LogP contribution is -2.28. The smallest absolute Gasteiger partial charge is 0.220 e. The molecule has 2 N–H and O–H groups in total. The number of rotatable bonds is 6. The van der Waals surface area contributed by atoms with E-state index in [0.717, 1.165) is 25.9 Å². The summed E-state index contributed by atoms with van der Waals surface area (Å²) in [6.45, 7) is 1.88. The van der Waals surface area contributed by atoms with E-state index >= 15 is 0 Å². The fraction of sp³-hybridized carbons (Fsp3) is 0.615. The second-order valence-electron chi connectivity index (χ2n) is 4.51. The monoisotopic (exact) mass is 288 g/mol. The zero-order chi connectivity index (χ0) is 11.9. The van der Waals surface area contributed by atoms with E-state index in [1.807, 2.05) is 6.07 Å². The van der Waals surface area contributed by atoms with Gasteiger partial charge >= 0.3 is 0 Å². The van der Waals surface area contributed by atoms with Gasteiger partial charge in [0.15, 0.2) is 0 Å². The van der Waals surface area contributed by atoms with Crippen LogP contribution in [0.4, 0.5) is 0 Å². The van der Waals surface area contributed by atoms with Gasteiger partial charge in [0.2, 0.25) is 5.91 Å². The van der Waals surface area contributed by atoms with Crippen molar-refractivity contribution in [3.8, 4) is 0 Å². The van der Waals surface area contributed by atoms with Crippen molar-refractivity contribution in [1.29, 1.82) is 0 Å². The Morgan fingerprint density at radius 2 is 2.44 bits per heavy atom. The van der Waals surface area contributed by atoms with E-state index in [4.69, 9.17) is 0 Å². The molecule has 18 heavy (non-hydrogen) atoms. The van der Waals surface area contributed by atoms with E-state index in [9.17, 15) is 4.79 Å². The summed E-state index contributed by atoms with van der Waals surface area (Å²) in [6, 6.07) is 4.73. The van der Waals surface area contributed by atoms with Gasteiger partial charge in [-0.1, -0.05) is 6.07 Å². The van der Waals surface area contributed by atoms with E-state index in [2.05, 4.69) is 22.1 Å². The van der Waals surface area contributed by atoms with Crippen LogP contribution in [0.1, 0.15) is 30.6 Å². The molecule has 0 aliphatic carbocycles. The largest absolute Gasteiger partial charge is 0.356 e. The molecule has 1 fully saturated rings.